The zero-order chi connectivity index (χ0) is 16.9. The minimum absolute atomic E-state index is 0.232. The van der Waals surface area contributed by atoms with Gasteiger partial charge in [-0.1, -0.05) is 29.4 Å². The normalized spacial score (nSPS) is 10.4. The van der Waals surface area contributed by atoms with Gasteiger partial charge in [0.25, 0.3) is 5.91 Å². The van der Waals surface area contributed by atoms with Gasteiger partial charge in [-0.2, -0.15) is 4.98 Å². The first-order valence-electron chi connectivity index (χ1n) is 7.61. The van der Waals surface area contributed by atoms with Crippen molar-refractivity contribution in [1.29, 1.82) is 0 Å². The number of hydrogen-bond donors (Lipinski definition) is 1. The standard InChI is InChI=1S/C18H17N3O3/c1-3-23-16-10-5-4-9-15(16)20-18(22)14-8-6-7-13(11-14)17-19-12(2)24-21-17/h4-11H,3H2,1-2H3,(H,20,22). The number of benzene rings is 2. The molecule has 2 aromatic carbocycles. The summed E-state index contributed by atoms with van der Waals surface area (Å²) in [6, 6.07) is 14.4. The molecule has 0 bridgehead atoms. The van der Waals surface area contributed by atoms with Crippen LogP contribution in [0.5, 0.6) is 5.75 Å². The zero-order valence-corrected chi connectivity index (χ0v) is 13.4. The van der Waals surface area contributed by atoms with E-state index in [1.807, 2.05) is 31.2 Å². The first kappa shape index (κ1) is 15.7. The summed E-state index contributed by atoms with van der Waals surface area (Å²) >= 11 is 0. The summed E-state index contributed by atoms with van der Waals surface area (Å²) in [5.74, 6) is 1.34. The highest BCUT2D eigenvalue weighted by Gasteiger charge is 2.12. The number of anilines is 1. The number of nitrogens with zero attached hydrogens (tertiary/aromatic N) is 2. The second-order valence-electron chi connectivity index (χ2n) is 5.10. The predicted octanol–water partition coefficient (Wildman–Crippen LogP) is 3.70. The molecule has 0 saturated carbocycles. The summed E-state index contributed by atoms with van der Waals surface area (Å²) in [4.78, 5) is 16.7. The third-order valence-electron chi connectivity index (χ3n) is 3.35. The van der Waals surface area contributed by atoms with Crippen LogP contribution in [0.2, 0.25) is 0 Å². The fourth-order valence-corrected chi connectivity index (χ4v) is 2.26. The molecular weight excluding hydrogens is 306 g/mol. The summed E-state index contributed by atoms with van der Waals surface area (Å²) < 4.78 is 10.5. The average molecular weight is 323 g/mol. The molecule has 3 rings (SSSR count). The van der Waals surface area contributed by atoms with Crippen molar-refractivity contribution in [2.45, 2.75) is 13.8 Å². The monoisotopic (exact) mass is 323 g/mol. The highest BCUT2D eigenvalue weighted by Crippen LogP contribution is 2.25. The second kappa shape index (κ2) is 6.95. The molecule has 0 saturated heterocycles. The van der Waals surface area contributed by atoms with Gasteiger partial charge in [-0.15, -0.1) is 0 Å². The maximum atomic E-state index is 12.5. The number of para-hydroxylation sites is 2. The Labute approximate surface area is 139 Å². The zero-order valence-electron chi connectivity index (χ0n) is 13.4. The Morgan fingerprint density at radius 2 is 2.04 bits per heavy atom. The summed E-state index contributed by atoms with van der Waals surface area (Å²) in [6.07, 6.45) is 0. The quantitative estimate of drug-likeness (QED) is 0.774. The lowest BCUT2D eigenvalue weighted by Crippen LogP contribution is -2.13. The molecule has 0 radical (unpaired) electrons. The number of nitrogens with one attached hydrogen (secondary N) is 1. The van der Waals surface area contributed by atoms with Gasteiger partial charge in [0.2, 0.25) is 11.7 Å². The van der Waals surface area contributed by atoms with Crippen LogP contribution < -0.4 is 10.1 Å². The van der Waals surface area contributed by atoms with E-state index in [4.69, 9.17) is 9.26 Å². The maximum absolute atomic E-state index is 12.5. The Morgan fingerprint density at radius 3 is 2.79 bits per heavy atom. The molecule has 24 heavy (non-hydrogen) atoms. The van der Waals surface area contributed by atoms with E-state index in [1.165, 1.54) is 0 Å². The highest BCUT2D eigenvalue weighted by atomic mass is 16.5. The van der Waals surface area contributed by atoms with Crippen molar-refractivity contribution < 1.29 is 14.1 Å². The fraction of sp³-hybridized carbons (Fsp3) is 0.167. The summed E-state index contributed by atoms with van der Waals surface area (Å²) in [5.41, 5.74) is 1.85. The van der Waals surface area contributed by atoms with Crippen LogP contribution in [0.15, 0.2) is 53.1 Å². The lowest BCUT2D eigenvalue weighted by Gasteiger charge is -2.11. The highest BCUT2D eigenvalue weighted by molar-refractivity contribution is 6.05. The molecule has 0 aliphatic rings. The number of hydrogen-bond acceptors (Lipinski definition) is 5. The van der Waals surface area contributed by atoms with E-state index in [9.17, 15) is 4.79 Å². The number of carbonyl (C=O) groups excluding carboxylic acids is 1. The molecule has 0 unspecified atom stereocenters. The second-order valence-corrected chi connectivity index (χ2v) is 5.10. The predicted molar refractivity (Wildman–Crippen MR) is 90.0 cm³/mol. The van der Waals surface area contributed by atoms with Crippen LogP contribution in [-0.4, -0.2) is 22.7 Å². The van der Waals surface area contributed by atoms with Gasteiger partial charge in [-0.05, 0) is 31.2 Å². The number of aryl methyl sites for hydroxylation is 1. The minimum atomic E-state index is -0.232. The van der Waals surface area contributed by atoms with Gasteiger partial charge in [0.05, 0.1) is 12.3 Å². The third-order valence-corrected chi connectivity index (χ3v) is 3.35. The lowest BCUT2D eigenvalue weighted by molar-refractivity contribution is 0.102. The number of amides is 1. The first-order chi connectivity index (χ1) is 11.7. The molecule has 122 valence electrons. The van der Waals surface area contributed by atoms with Crippen molar-refractivity contribution in [3.05, 3.63) is 60.0 Å². The van der Waals surface area contributed by atoms with Crippen molar-refractivity contribution in [2.75, 3.05) is 11.9 Å². The van der Waals surface area contributed by atoms with Gasteiger partial charge < -0.3 is 14.6 Å². The summed E-state index contributed by atoms with van der Waals surface area (Å²) in [7, 11) is 0. The summed E-state index contributed by atoms with van der Waals surface area (Å²) in [5, 5.41) is 6.74. The molecule has 0 aliphatic heterocycles. The van der Waals surface area contributed by atoms with Crippen LogP contribution in [0.4, 0.5) is 5.69 Å². The van der Waals surface area contributed by atoms with Crippen LogP contribution in [-0.2, 0) is 0 Å². The van der Waals surface area contributed by atoms with Crippen molar-refractivity contribution in [3.8, 4) is 17.1 Å². The fourth-order valence-electron chi connectivity index (χ4n) is 2.26. The Hall–Kier alpha value is -3.15. The Morgan fingerprint density at radius 1 is 1.21 bits per heavy atom. The SMILES string of the molecule is CCOc1ccccc1NC(=O)c1cccc(-c2noc(C)n2)c1. The molecule has 1 amide bonds. The van der Waals surface area contributed by atoms with Crippen LogP contribution in [0.1, 0.15) is 23.2 Å². The van der Waals surface area contributed by atoms with Crippen molar-refractivity contribution >= 4 is 11.6 Å². The molecule has 0 aliphatic carbocycles. The van der Waals surface area contributed by atoms with Gasteiger partial charge in [0.15, 0.2) is 0 Å². The molecule has 0 spiro atoms. The number of aromatic nitrogens is 2. The van der Waals surface area contributed by atoms with E-state index in [0.29, 0.717) is 35.3 Å². The molecule has 1 aromatic heterocycles. The number of carbonyl (C=O) groups is 1. The van der Waals surface area contributed by atoms with Crippen LogP contribution in [0.3, 0.4) is 0 Å². The Balaban J connectivity index is 1.83. The Kier molecular flexibility index (Phi) is 4.56. The number of ether oxygens (including phenoxy) is 1. The largest absolute Gasteiger partial charge is 0.492 e. The molecule has 0 atom stereocenters. The molecule has 6 nitrogen and oxygen atoms in total. The van der Waals surface area contributed by atoms with Crippen LogP contribution >= 0.6 is 0 Å². The molecule has 1 heterocycles. The molecular formula is C18H17N3O3. The van der Waals surface area contributed by atoms with E-state index in [-0.39, 0.29) is 5.91 Å². The molecule has 0 fully saturated rings. The molecule has 1 N–H and O–H groups in total. The number of rotatable bonds is 5. The smallest absolute Gasteiger partial charge is 0.255 e. The van der Waals surface area contributed by atoms with Gasteiger partial charge in [-0.3, -0.25) is 4.79 Å². The first-order valence-corrected chi connectivity index (χ1v) is 7.61. The van der Waals surface area contributed by atoms with Gasteiger partial charge in [0.1, 0.15) is 5.75 Å². The van der Waals surface area contributed by atoms with Gasteiger partial charge >= 0.3 is 0 Å². The Bertz CT molecular complexity index is 858. The molecule has 3 aromatic rings. The van der Waals surface area contributed by atoms with Crippen molar-refractivity contribution in [3.63, 3.8) is 0 Å². The van der Waals surface area contributed by atoms with Crippen LogP contribution in [0.25, 0.3) is 11.4 Å². The van der Waals surface area contributed by atoms with Gasteiger partial charge in [0, 0.05) is 18.1 Å². The summed E-state index contributed by atoms with van der Waals surface area (Å²) in [6.45, 7) is 4.15. The van der Waals surface area contributed by atoms with Gasteiger partial charge in [-0.25, -0.2) is 0 Å². The van der Waals surface area contributed by atoms with E-state index in [0.717, 1.165) is 5.56 Å². The molecule has 6 heteroatoms. The van der Waals surface area contributed by atoms with Crippen molar-refractivity contribution in [1.82, 2.24) is 10.1 Å². The third kappa shape index (κ3) is 3.43. The maximum Gasteiger partial charge on any atom is 0.255 e. The van der Waals surface area contributed by atoms with E-state index in [2.05, 4.69) is 15.5 Å². The van der Waals surface area contributed by atoms with Crippen LogP contribution in [0, 0.1) is 6.92 Å². The average Bonchev–Trinajstić information content (AvgIpc) is 3.03. The van der Waals surface area contributed by atoms with E-state index < -0.39 is 0 Å². The van der Waals surface area contributed by atoms with Crippen molar-refractivity contribution in [2.24, 2.45) is 0 Å². The van der Waals surface area contributed by atoms with E-state index in [1.54, 1.807) is 31.2 Å². The topological polar surface area (TPSA) is 77.2 Å². The lowest BCUT2D eigenvalue weighted by atomic mass is 10.1. The van der Waals surface area contributed by atoms with E-state index >= 15 is 0 Å². The minimum Gasteiger partial charge on any atom is -0.492 e.